The van der Waals surface area contributed by atoms with Crippen LogP contribution in [-0.4, -0.2) is 45.3 Å². The third-order valence-corrected chi connectivity index (χ3v) is 1.39. The Bertz CT molecular complexity index is 75.8. The first kappa shape index (κ1) is 9.84. The zero-order chi connectivity index (χ0) is 8.15. The summed E-state index contributed by atoms with van der Waals surface area (Å²) in [5, 5.41) is 34.9. The van der Waals surface area contributed by atoms with Crippen molar-refractivity contribution in [1.82, 2.24) is 0 Å². The van der Waals surface area contributed by atoms with E-state index in [-0.39, 0.29) is 0 Å². The van der Waals surface area contributed by atoms with Gasteiger partial charge in [-0.1, -0.05) is 6.92 Å². The number of aliphatic hydroxyl groups is 4. The number of hydrogen-bond acceptors (Lipinski definition) is 4. The largest absolute Gasteiger partial charge is 0.394 e. The van der Waals surface area contributed by atoms with Crippen molar-refractivity contribution in [3.8, 4) is 0 Å². The standard InChI is InChI=1S/C6H14O4/c1-2-4(8)6(10)5(9)3-7/h4-10H,2-3H2,1H3/t4-,5?,6+/m1/s1. The van der Waals surface area contributed by atoms with Crippen LogP contribution in [0.2, 0.25) is 0 Å². The van der Waals surface area contributed by atoms with Crippen molar-refractivity contribution in [2.45, 2.75) is 31.7 Å². The molecule has 0 bridgehead atoms. The number of rotatable bonds is 4. The van der Waals surface area contributed by atoms with Crippen LogP contribution in [0.1, 0.15) is 13.3 Å². The Hall–Kier alpha value is -0.160. The average molecular weight is 150 g/mol. The van der Waals surface area contributed by atoms with Crippen molar-refractivity contribution in [2.24, 2.45) is 0 Å². The van der Waals surface area contributed by atoms with Gasteiger partial charge in [0.05, 0.1) is 12.7 Å². The lowest BCUT2D eigenvalue weighted by Crippen LogP contribution is -2.38. The molecular formula is C6H14O4. The predicted molar refractivity (Wildman–Crippen MR) is 35.4 cm³/mol. The minimum absolute atomic E-state index is 0.359. The molecule has 1 unspecified atom stereocenters. The Kier molecular flexibility index (Phi) is 4.55. The highest BCUT2D eigenvalue weighted by Gasteiger charge is 2.21. The maximum Gasteiger partial charge on any atom is 0.108 e. The van der Waals surface area contributed by atoms with Gasteiger partial charge < -0.3 is 20.4 Å². The molecule has 0 aliphatic rings. The molecule has 0 saturated heterocycles. The van der Waals surface area contributed by atoms with Gasteiger partial charge >= 0.3 is 0 Å². The minimum Gasteiger partial charge on any atom is -0.394 e. The second kappa shape index (κ2) is 4.62. The molecule has 0 rings (SSSR count). The van der Waals surface area contributed by atoms with E-state index < -0.39 is 24.9 Å². The van der Waals surface area contributed by atoms with Gasteiger partial charge in [-0.05, 0) is 6.42 Å². The molecule has 0 fully saturated rings. The van der Waals surface area contributed by atoms with Crippen LogP contribution < -0.4 is 0 Å². The monoisotopic (exact) mass is 150 g/mol. The van der Waals surface area contributed by atoms with Crippen LogP contribution in [0.25, 0.3) is 0 Å². The molecule has 0 aliphatic carbocycles. The Labute approximate surface area is 59.7 Å². The van der Waals surface area contributed by atoms with Crippen molar-refractivity contribution >= 4 is 0 Å². The van der Waals surface area contributed by atoms with Crippen LogP contribution in [0.4, 0.5) is 0 Å². The van der Waals surface area contributed by atoms with Crippen molar-refractivity contribution in [3.05, 3.63) is 0 Å². The molecular weight excluding hydrogens is 136 g/mol. The van der Waals surface area contributed by atoms with Crippen LogP contribution >= 0.6 is 0 Å². The van der Waals surface area contributed by atoms with Crippen molar-refractivity contribution in [3.63, 3.8) is 0 Å². The van der Waals surface area contributed by atoms with Crippen LogP contribution in [-0.2, 0) is 0 Å². The molecule has 0 saturated carbocycles. The molecule has 0 aromatic rings. The first-order valence-electron chi connectivity index (χ1n) is 3.28. The Balaban J connectivity index is 3.69. The van der Waals surface area contributed by atoms with E-state index in [4.69, 9.17) is 20.4 Å². The van der Waals surface area contributed by atoms with E-state index in [1.54, 1.807) is 6.92 Å². The van der Waals surface area contributed by atoms with Gasteiger partial charge in [-0.2, -0.15) is 0 Å². The topological polar surface area (TPSA) is 80.9 Å². The van der Waals surface area contributed by atoms with E-state index in [1.807, 2.05) is 0 Å². The molecule has 0 radical (unpaired) electrons. The molecule has 0 spiro atoms. The summed E-state index contributed by atoms with van der Waals surface area (Å²) in [6.07, 6.45) is -3.08. The normalized spacial score (nSPS) is 20.1. The smallest absolute Gasteiger partial charge is 0.108 e. The van der Waals surface area contributed by atoms with Gasteiger partial charge in [0, 0.05) is 0 Å². The highest BCUT2D eigenvalue weighted by atomic mass is 16.4. The van der Waals surface area contributed by atoms with Crippen molar-refractivity contribution in [1.29, 1.82) is 0 Å². The molecule has 0 aromatic heterocycles. The van der Waals surface area contributed by atoms with E-state index >= 15 is 0 Å². The highest BCUT2D eigenvalue weighted by molar-refractivity contribution is 4.72. The van der Waals surface area contributed by atoms with Gasteiger partial charge in [-0.15, -0.1) is 0 Å². The zero-order valence-electron chi connectivity index (χ0n) is 5.94. The van der Waals surface area contributed by atoms with Gasteiger partial charge in [0.25, 0.3) is 0 Å². The maximum absolute atomic E-state index is 8.93. The van der Waals surface area contributed by atoms with Crippen molar-refractivity contribution in [2.75, 3.05) is 6.61 Å². The Morgan fingerprint density at radius 2 is 1.60 bits per heavy atom. The average Bonchev–Trinajstić information content (AvgIpc) is 2.00. The minimum atomic E-state index is -1.24. The van der Waals surface area contributed by atoms with Gasteiger partial charge in [-0.3, -0.25) is 0 Å². The molecule has 62 valence electrons. The summed E-state index contributed by atoms with van der Waals surface area (Å²) in [7, 11) is 0. The quantitative estimate of drug-likeness (QED) is 0.392. The van der Waals surface area contributed by atoms with E-state index in [2.05, 4.69) is 0 Å². The van der Waals surface area contributed by atoms with E-state index in [1.165, 1.54) is 0 Å². The summed E-state index contributed by atoms with van der Waals surface area (Å²) < 4.78 is 0. The van der Waals surface area contributed by atoms with Gasteiger partial charge in [-0.25, -0.2) is 0 Å². The summed E-state index contributed by atoms with van der Waals surface area (Å²) in [5.74, 6) is 0. The summed E-state index contributed by atoms with van der Waals surface area (Å²) >= 11 is 0. The first-order valence-corrected chi connectivity index (χ1v) is 3.28. The fraction of sp³-hybridized carbons (Fsp3) is 1.00. The molecule has 4 heteroatoms. The molecule has 10 heavy (non-hydrogen) atoms. The molecule has 4 N–H and O–H groups in total. The fourth-order valence-corrected chi connectivity index (χ4v) is 0.606. The maximum atomic E-state index is 8.93. The van der Waals surface area contributed by atoms with Gasteiger partial charge in [0.1, 0.15) is 12.2 Å². The number of hydrogen-bond donors (Lipinski definition) is 4. The highest BCUT2D eigenvalue weighted by Crippen LogP contribution is 2.02. The van der Waals surface area contributed by atoms with Crippen LogP contribution in [0.3, 0.4) is 0 Å². The summed E-state index contributed by atoms with van der Waals surface area (Å²) in [4.78, 5) is 0. The zero-order valence-corrected chi connectivity index (χ0v) is 5.94. The van der Waals surface area contributed by atoms with Gasteiger partial charge in [0.2, 0.25) is 0 Å². The van der Waals surface area contributed by atoms with Crippen LogP contribution in [0, 0.1) is 0 Å². The fourth-order valence-electron chi connectivity index (χ4n) is 0.606. The summed E-state index contributed by atoms with van der Waals surface area (Å²) in [5.41, 5.74) is 0. The number of aliphatic hydroxyl groups excluding tert-OH is 4. The second-order valence-corrected chi connectivity index (χ2v) is 2.22. The molecule has 3 atom stereocenters. The van der Waals surface area contributed by atoms with E-state index in [0.717, 1.165) is 0 Å². The molecule has 0 amide bonds. The Morgan fingerprint density at radius 1 is 1.10 bits per heavy atom. The third kappa shape index (κ3) is 2.62. The van der Waals surface area contributed by atoms with Gasteiger partial charge in [0.15, 0.2) is 0 Å². The molecule has 0 aromatic carbocycles. The lowest BCUT2D eigenvalue weighted by molar-refractivity contribution is -0.0767. The van der Waals surface area contributed by atoms with E-state index in [9.17, 15) is 0 Å². The lowest BCUT2D eigenvalue weighted by atomic mass is 10.1. The lowest BCUT2D eigenvalue weighted by Gasteiger charge is -2.19. The van der Waals surface area contributed by atoms with Crippen molar-refractivity contribution < 1.29 is 20.4 Å². The second-order valence-electron chi connectivity index (χ2n) is 2.22. The Morgan fingerprint density at radius 3 is 1.90 bits per heavy atom. The van der Waals surface area contributed by atoms with Crippen LogP contribution in [0.15, 0.2) is 0 Å². The molecule has 0 aliphatic heterocycles. The first-order chi connectivity index (χ1) is 4.63. The molecule has 0 heterocycles. The van der Waals surface area contributed by atoms with E-state index in [0.29, 0.717) is 6.42 Å². The molecule has 4 nitrogen and oxygen atoms in total. The summed E-state index contributed by atoms with van der Waals surface area (Å²) in [6, 6.07) is 0. The predicted octanol–water partition coefficient (Wildman–Crippen LogP) is -1.53. The SMILES string of the molecule is CC[C@@H](O)[C@H](O)C(O)CO. The van der Waals surface area contributed by atoms with Crippen LogP contribution in [0.5, 0.6) is 0 Å². The summed E-state index contributed by atoms with van der Waals surface area (Å²) in [6.45, 7) is 1.15. The third-order valence-electron chi connectivity index (χ3n) is 1.39.